The predicted octanol–water partition coefficient (Wildman–Crippen LogP) is 4.04. The van der Waals surface area contributed by atoms with Crippen molar-refractivity contribution in [2.75, 3.05) is 18.0 Å². The molecule has 1 aromatic rings. The molecule has 0 saturated heterocycles. The van der Waals surface area contributed by atoms with E-state index in [1.807, 2.05) is 6.20 Å². The summed E-state index contributed by atoms with van der Waals surface area (Å²) in [5, 5.41) is 0. The molecule has 0 aliphatic rings. The number of anilines is 1. The van der Waals surface area contributed by atoms with Crippen molar-refractivity contribution in [1.29, 1.82) is 0 Å². The van der Waals surface area contributed by atoms with Crippen LogP contribution in [0.4, 0.5) is 5.82 Å². The minimum absolute atomic E-state index is 0.386. The molecule has 0 radical (unpaired) electrons. The van der Waals surface area contributed by atoms with Gasteiger partial charge in [-0.15, -0.1) is 0 Å². The number of rotatable bonds is 5. The molecule has 0 bridgehead atoms. The number of pyridine rings is 1. The van der Waals surface area contributed by atoms with E-state index in [0.29, 0.717) is 5.41 Å². The summed E-state index contributed by atoms with van der Waals surface area (Å²) < 4.78 is 0. The second-order valence-corrected chi connectivity index (χ2v) is 5.99. The van der Waals surface area contributed by atoms with Gasteiger partial charge in [0.1, 0.15) is 5.82 Å². The maximum atomic E-state index is 4.52. The highest BCUT2D eigenvalue weighted by molar-refractivity contribution is 5.38. The molecule has 1 rings (SSSR count). The number of hydrogen-bond donors (Lipinski definition) is 0. The van der Waals surface area contributed by atoms with Crippen molar-refractivity contribution in [2.24, 2.45) is 5.41 Å². The van der Waals surface area contributed by atoms with E-state index in [-0.39, 0.29) is 0 Å². The average Bonchev–Trinajstić information content (AvgIpc) is 2.24. The maximum Gasteiger partial charge on any atom is 0.128 e. The topological polar surface area (TPSA) is 16.1 Å². The largest absolute Gasteiger partial charge is 0.357 e. The van der Waals surface area contributed by atoms with Crippen LogP contribution in [-0.2, 0) is 0 Å². The van der Waals surface area contributed by atoms with E-state index < -0.39 is 0 Å². The van der Waals surface area contributed by atoms with Crippen LogP contribution in [0.2, 0.25) is 0 Å². The van der Waals surface area contributed by atoms with Crippen molar-refractivity contribution in [3.8, 4) is 0 Å². The van der Waals surface area contributed by atoms with E-state index in [9.17, 15) is 0 Å². The summed E-state index contributed by atoms with van der Waals surface area (Å²) in [6.07, 6.45) is 4.32. The number of hydrogen-bond acceptors (Lipinski definition) is 2. The first-order valence-electron chi connectivity index (χ1n) is 6.60. The molecule has 1 heterocycles. The Morgan fingerprint density at radius 1 is 1.18 bits per heavy atom. The zero-order chi connectivity index (χ0) is 12.9. The van der Waals surface area contributed by atoms with Crippen LogP contribution >= 0.6 is 0 Å². The second kappa shape index (κ2) is 6.04. The van der Waals surface area contributed by atoms with Gasteiger partial charge in [0, 0.05) is 19.3 Å². The Morgan fingerprint density at radius 3 is 2.35 bits per heavy atom. The van der Waals surface area contributed by atoms with Crippen molar-refractivity contribution in [1.82, 2.24) is 4.98 Å². The van der Waals surface area contributed by atoms with Gasteiger partial charge >= 0.3 is 0 Å². The minimum Gasteiger partial charge on any atom is -0.357 e. The van der Waals surface area contributed by atoms with Crippen LogP contribution in [0.1, 0.15) is 46.1 Å². The van der Waals surface area contributed by atoms with Gasteiger partial charge in [-0.05, 0) is 36.8 Å². The molecule has 2 heteroatoms. The molecule has 1 aromatic heterocycles. The Bertz CT molecular complexity index is 322. The summed E-state index contributed by atoms with van der Waals surface area (Å²) in [6, 6.07) is 4.27. The van der Waals surface area contributed by atoms with E-state index in [1.165, 1.54) is 18.4 Å². The highest BCUT2D eigenvalue weighted by Gasteiger charge is 2.13. The van der Waals surface area contributed by atoms with Crippen LogP contribution in [0.5, 0.6) is 0 Å². The summed E-state index contributed by atoms with van der Waals surface area (Å²) in [4.78, 5) is 6.92. The molecule has 0 fully saturated rings. The Labute approximate surface area is 106 Å². The zero-order valence-electron chi connectivity index (χ0n) is 12.0. The van der Waals surface area contributed by atoms with Crippen LogP contribution in [0.3, 0.4) is 0 Å². The fourth-order valence-corrected chi connectivity index (χ4v) is 1.73. The van der Waals surface area contributed by atoms with Gasteiger partial charge in [-0.25, -0.2) is 4.98 Å². The van der Waals surface area contributed by atoms with E-state index in [1.54, 1.807) is 0 Å². The summed E-state index contributed by atoms with van der Waals surface area (Å²) >= 11 is 0. The molecule has 17 heavy (non-hydrogen) atoms. The molecule has 96 valence electrons. The molecule has 0 amide bonds. The van der Waals surface area contributed by atoms with Crippen LogP contribution in [0.25, 0.3) is 0 Å². The fraction of sp³-hybridized carbons (Fsp3) is 0.667. The first kappa shape index (κ1) is 14.0. The van der Waals surface area contributed by atoms with Crippen LogP contribution in [0, 0.1) is 12.3 Å². The van der Waals surface area contributed by atoms with Crippen molar-refractivity contribution < 1.29 is 0 Å². The molecule has 0 aliphatic carbocycles. The van der Waals surface area contributed by atoms with Crippen molar-refractivity contribution in [2.45, 2.75) is 47.5 Å². The molecular formula is C15H26N2. The fourth-order valence-electron chi connectivity index (χ4n) is 1.73. The van der Waals surface area contributed by atoms with E-state index in [4.69, 9.17) is 0 Å². The standard InChI is InChI=1S/C15H26N2/c1-6-10-17(11-9-15(3,4)5)14-8-7-13(2)12-16-14/h7-8,12H,6,9-11H2,1-5H3. The Balaban J connectivity index is 2.68. The Hall–Kier alpha value is -1.05. The normalized spacial score (nSPS) is 11.6. The van der Waals surface area contributed by atoms with Crippen molar-refractivity contribution >= 4 is 5.82 Å². The van der Waals surface area contributed by atoms with Gasteiger partial charge in [0.15, 0.2) is 0 Å². The quantitative estimate of drug-likeness (QED) is 0.764. The molecule has 0 N–H and O–H groups in total. The molecule has 0 unspecified atom stereocenters. The molecule has 0 aromatic carbocycles. The third kappa shape index (κ3) is 5.20. The van der Waals surface area contributed by atoms with Gasteiger partial charge in [0.2, 0.25) is 0 Å². The van der Waals surface area contributed by atoms with Crippen LogP contribution in [-0.4, -0.2) is 18.1 Å². The molecule has 2 nitrogen and oxygen atoms in total. The lowest BCUT2D eigenvalue weighted by Crippen LogP contribution is -2.28. The van der Waals surface area contributed by atoms with Gasteiger partial charge in [-0.3, -0.25) is 0 Å². The third-order valence-electron chi connectivity index (χ3n) is 2.84. The molecule has 0 atom stereocenters. The molecule has 0 spiro atoms. The van der Waals surface area contributed by atoms with Gasteiger partial charge in [0.25, 0.3) is 0 Å². The second-order valence-electron chi connectivity index (χ2n) is 5.99. The number of nitrogens with zero attached hydrogens (tertiary/aromatic N) is 2. The average molecular weight is 234 g/mol. The van der Waals surface area contributed by atoms with Gasteiger partial charge in [0.05, 0.1) is 0 Å². The van der Waals surface area contributed by atoms with Crippen molar-refractivity contribution in [3.63, 3.8) is 0 Å². The van der Waals surface area contributed by atoms with Crippen LogP contribution in [0.15, 0.2) is 18.3 Å². The maximum absolute atomic E-state index is 4.52. The molecule has 0 aliphatic heterocycles. The SMILES string of the molecule is CCCN(CCC(C)(C)C)c1ccc(C)cn1. The predicted molar refractivity (Wildman–Crippen MR) is 75.6 cm³/mol. The Morgan fingerprint density at radius 2 is 1.88 bits per heavy atom. The third-order valence-corrected chi connectivity index (χ3v) is 2.84. The molecule has 0 saturated carbocycles. The number of aryl methyl sites for hydroxylation is 1. The monoisotopic (exact) mass is 234 g/mol. The zero-order valence-corrected chi connectivity index (χ0v) is 12.0. The van der Waals surface area contributed by atoms with Gasteiger partial charge in [-0.2, -0.15) is 0 Å². The lowest BCUT2D eigenvalue weighted by Gasteiger charge is -2.27. The van der Waals surface area contributed by atoms with E-state index in [2.05, 4.69) is 56.6 Å². The number of aromatic nitrogens is 1. The lowest BCUT2D eigenvalue weighted by atomic mass is 9.92. The smallest absolute Gasteiger partial charge is 0.128 e. The minimum atomic E-state index is 0.386. The van der Waals surface area contributed by atoms with Gasteiger partial charge < -0.3 is 4.90 Å². The summed E-state index contributed by atoms with van der Waals surface area (Å²) in [5.41, 5.74) is 1.61. The van der Waals surface area contributed by atoms with Gasteiger partial charge in [-0.1, -0.05) is 33.8 Å². The van der Waals surface area contributed by atoms with Crippen molar-refractivity contribution in [3.05, 3.63) is 23.9 Å². The van der Waals surface area contributed by atoms with E-state index in [0.717, 1.165) is 18.9 Å². The van der Waals surface area contributed by atoms with Crippen LogP contribution < -0.4 is 4.90 Å². The Kier molecular flexibility index (Phi) is 4.98. The highest BCUT2D eigenvalue weighted by Crippen LogP contribution is 2.21. The van der Waals surface area contributed by atoms with E-state index >= 15 is 0 Å². The summed E-state index contributed by atoms with van der Waals surface area (Å²) in [5.74, 6) is 1.11. The summed E-state index contributed by atoms with van der Waals surface area (Å²) in [7, 11) is 0. The first-order valence-corrected chi connectivity index (χ1v) is 6.60. The lowest BCUT2D eigenvalue weighted by molar-refractivity contribution is 0.378. The first-order chi connectivity index (χ1) is 7.92. The summed E-state index contributed by atoms with van der Waals surface area (Å²) in [6.45, 7) is 13.4. The highest BCUT2D eigenvalue weighted by atomic mass is 15.2. The molecular weight excluding hydrogens is 208 g/mol.